The van der Waals surface area contributed by atoms with Crippen LogP contribution in [0.25, 0.3) is 0 Å². The molecule has 0 spiro atoms. The Morgan fingerprint density at radius 2 is 1.57 bits per heavy atom. The maximum Gasteiger partial charge on any atom is 0.290 e. The fourth-order valence-corrected chi connectivity index (χ4v) is 7.30. The standard InChI is InChI=1S/C35H44N4O5/c1-5-11-27(31(41)33(43)37-19-28(40)36-18-22-12-7-6-8-13-22)38-32(42)30-29-26(35(29,3)4)20-39(30)34(44)21(2)25-16-23-14-9-10-15-24(23)17-25/h6-10,12-15,21,25-27,29-30H,5,11,16-20H2,1-4H3,(H,36,40)(H,37,43)(H,38,42)/t21-,26-,27?,29-,30-/m0/s1. The topological polar surface area (TPSA) is 125 Å². The third-order valence-electron chi connectivity index (χ3n) is 10.1. The zero-order valence-corrected chi connectivity index (χ0v) is 26.1. The lowest BCUT2D eigenvalue weighted by atomic mass is 9.89. The van der Waals surface area contributed by atoms with E-state index in [-0.39, 0.29) is 48.0 Å². The number of rotatable bonds is 12. The summed E-state index contributed by atoms with van der Waals surface area (Å²) in [5.74, 6) is -2.41. The molecule has 2 aromatic rings. The van der Waals surface area contributed by atoms with Crippen molar-refractivity contribution in [2.24, 2.45) is 29.1 Å². The molecular weight excluding hydrogens is 556 g/mol. The van der Waals surface area contributed by atoms with Gasteiger partial charge >= 0.3 is 0 Å². The van der Waals surface area contributed by atoms with Gasteiger partial charge in [0.05, 0.1) is 12.6 Å². The van der Waals surface area contributed by atoms with Crippen molar-refractivity contribution in [2.75, 3.05) is 13.1 Å². The molecule has 4 amide bonds. The second-order valence-corrected chi connectivity index (χ2v) is 13.3. The summed E-state index contributed by atoms with van der Waals surface area (Å²) in [6.07, 6.45) is 2.52. The highest BCUT2D eigenvalue weighted by molar-refractivity contribution is 6.38. The molecule has 0 aromatic heterocycles. The van der Waals surface area contributed by atoms with Crippen LogP contribution in [-0.2, 0) is 43.4 Å². The number of carbonyl (C=O) groups is 5. The summed E-state index contributed by atoms with van der Waals surface area (Å²) in [5, 5.41) is 7.94. The van der Waals surface area contributed by atoms with Crippen LogP contribution in [-0.4, -0.2) is 59.5 Å². The molecule has 5 rings (SSSR count). The van der Waals surface area contributed by atoms with Crippen LogP contribution in [0.4, 0.5) is 0 Å². The minimum atomic E-state index is -1.04. The highest BCUT2D eigenvalue weighted by atomic mass is 16.2. The van der Waals surface area contributed by atoms with Crippen molar-refractivity contribution in [3.8, 4) is 0 Å². The number of carbonyl (C=O) groups excluding carboxylic acids is 5. The lowest BCUT2D eigenvalue weighted by Crippen LogP contribution is -2.56. The minimum absolute atomic E-state index is 0.000981. The van der Waals surface area contributed by atoms with Gasteiger partial charge in [-0.05, 0) is 59.1 Å². The van der Waals surface area contributed by atoms with E-state index in [2.05, 4.69) is 41.9 Å². The fraction of sp³-hybridized carbons (Fsp3) is 0.514. The Balaban J connectivity index is 1.20. The second-order valence-electron chi connectivity index (χ2n) is 13.3. The molecule has 44 heavy (non-hydrogen) atoms. The number of nitrogens with zero attached hydrogens (tertiary/aromatic N) is 1. The Hall–Kier alpha value is -4.01. The third-order valence-corrected chi connectivity index (χ3v) is 10.1. The molecule has 9 heteroatoms. The zero-order valence-electron chi connectivity index (χ0n) is 26.1. The normalized spacial score (nSPS) is 22.7. The summed E-state index contributed by atoms with van der Waals surface area (Å²) in [6.45, 7) is 8.54. The quantitative estimate of drug-likeness (QED) is 0.323. The van der Waals surface area contributed by atoms with Crippen LogP contribution in [0.5, 0.6) is 0 Å². The van der Waals surface area contributed by atoms with Crippen molar-refractivity contribution in [3.05, 3.63) is 71.3 Å². The van der Waals surface area contributed by atoms with Gasteiger partial charge in [-0.2, -0.15) is 0 Å². The predicted octanol–water partition coefficient (Wildman–Crippen LogP) is 2.81. The molecule has 1 heterocycles. The van der Waals surface area contributed by atoms with Gasteiger partial charge in [0, 0.05) is 19.0 Å². The first-order chi connectivity index (χ1) is 21.0. The highest BCUT2D eigenvalue weighted by Gasteiger charge is 2.69. The molecule has 2 aromatic carbocycles. The van der Waals surface area contributed by atoms with Crippen LogP contribution >= 0.6 is 0 Å². The molecule has 3 aliphatic rings. The predicted molar refractivity (Wildman–Crippen MR) is 166 cm³/mol. The Bertz CT molecular complexity index is 1400. The monoisotopic (exact) mass is 600 g/mol. The smallest absolute Gasteiger partial charge is 0.290 e. The fourth-order valence-electron chi connectivity index (χ4n) is 7.30. The van der Waals surface area contributed by atoms with E-state index in [0.29, 0.717) is 19.5 Å². The van der Waals surface area contributed by atoms with Crippen LogP contribution in [0.2, 0.25) is 0 Å². The maximum absolute atomic E-state index is 13.9. The Labute approximate surface area is 259 Å². The van der Waals surface area contributed by atoms with Gasteiger partial charge < -0.3 is 20.9 Å². The summed E-state index contributed by atoms with van der Waals surface area (Å²) in [6, 6.07) is 15.9. The molecule has 2 aliphatic carbocycles. The van der Waals surface area contributed by atoms with Crippen molar-refractivity contribution < 1.29 is 24.0 Å². The van der Waals surface area contributed by atoms with E-state index in [1.807, 2.05) is 56.3 Å². The molecule has 5 atom stereocenters. The van der Waals surface area contributed by atoms with Crippen LogP contribution < -0.4 is 16.0 Å². The molecule has 2 fully saturated rings. The van der Waals surface area contributed by atoms with Crippen molar-refractivity contribution in [3.63, 3.8) is 0 Å². The molecule has 9 nitrogen and oxygen atoms in total. The molecule has 1 saturated carbocycles. The number of piperidine rings is 1. The van der Waals surface area contributed by atoms with Gasteiger partial charge in [0.15, 0.2) is 0 Å². The van der Waals surface area contributed by atoms with Crippen molar-refractivity contribution in [2.45, 2.75) is 72.0 Å². The Morgan fingerprint density at radius 3 is 2.20 bits per heavy atom. The first-order valence-corrected chi connectivity index (χ1v) is 15.8. The summed E-state index contributed by atoms with van der Waals surface area (Å²) in [4.78, 5) is 67.7. The molecule has 1 saturated heterocycles. The molecule has 234 valence electrons. The van der Waals surface area contributed by atoms with Crippen LogP contribution in [0.15, 0.2) is 54.6 Å². The van der Waals surface area contributed by atoms with E-state index in [9.17, 15) is 24.0 Å². The number of hydrogen-bond acceptors (Lipinski definition) is 5. The number of nitrogens with one attached hydrogen (secondary N) is 3. The number of Topliss-reactive ketones (excluding diaryl/α,β-unsaturated/α-hetero) is 1. The lowest BCUT2D eigenvalue weighted by Gasteiger charge is -2.34. The first kappa shape index (κ1) is 31.4. The SMILES string of the molecule is CCCC(NC(=O)[C@@H]1[C@@H]2[C@H](CN1C(=O)[C@@H](C)C1Cc3ccccc3C1)C2(C)C)C(=O)C(=O)NCC(=O)NCc1ccccc1. The molecule has 3 N–H and O–H groups in total. The van der Waals surface area contributed by atoms with Gasteiger partial charge in [-0.3, -0.25) is 24.0 Å². The lowest BCUT2D eigenvalue weighted by molar-refractivity contribution is -0.145. The number of ketones is 1. The van der Waals surface area contributed by atoms with Crippen LogP contribution in [0.3, 0.4) is 0 Å². The van der Waals surface area contributed by atoms with Crippen molar-refractivity contribution in [1.29, 1.82) is 0 Å². The molecule has 1 aliphatic heterocycles. The Morgan fingerprint density at radius 1 is 0.932 bits per heavy atom. The summed E-state index contributed by atoms with van der Waals surface area (Å²) in [7, 11) is 0. The van der Waals surface area contributed by atoms with E-state index in [1.54, 1.807) is 4.90 Å². The number of benzene rings is 2. The van der Waals surface area contributed by atoms with Crippen molar-refractivity contribution >= 4 is 29.4 Å². The van der Waals surface area contributed by atoms with E-state index in [1.165, 1.54) is 11.1 Å². The number of hydrogen-bond donors (Lipinski definition) is 3. The van der Waals surface area contributed by atoms with Crippen LogP contribution in [0.1, 0.15) is 57.2 Å². The maximum atomic E-state index is 13.9. The van der Waals surface area contributed by atoms with Gasteiger partial charge in [0.2, 0.25) is 23.5 Å². The van der Waals surface area contributed by atoms with E-state index in [0.717, 1.165) is 18.4 Å². The summed E-state index contributed by atoms with van der Waals surface area (Å²) >= 11 is 0. The van der Waals surface area contributed by atoms with E-state index >= 15 is 0 Å². The number of fused-ring (bicyclic) bond motifs is 2. The third kappa shape index (κ3) is 6.42. The largest absolute Gasteiger partial charge is 0.350 e. The minimum Gasteiger partial charge on any atom is -0.350 e. The average molecular weight is 601 g/mol. The number of amides is 4. The summed E-state index contributed by atoms with van der Waals surface area (Å²) < 4.78 is 0. The Kier molecular flexibility index (Phi) is 9.23. The van der Waals surface area contributed by atoms with Crippen molar-refractivity contribution in [1.82, 2.24) is 20.9 Å². The first-order valence-electron chi connectivity index (χ1n) is 15.8. The molecule has 0 radical (unpaired) electrons. The van der Waals surface area contributed by atoms with Gasteiger partial charge in [-0.25, -0.2) is 0 Å². The van der Waals surface area contributed by atoms with E-state index < -0.39 is 35.6 Å². The van der Waals surface area contributed by atoms with Gasteiger partial charge in [0.25, 0.3) is 5.91 Å². The summed E-state index contributed by atoms with van der Waals surface area (Å²) in [5.41, 5.74) is 3.40. The molecule has 0 bridgehead atoms. The van der Waals surface area contributed by atoms with E-state index in [4.69, 9.17) is 0 Å². The van der Waals surface area contributed by atoms with Gasteiger partial charge in [-0.1, -0.05) is 88.7 Å². The van der Waals surface area contributed by atoms with Gasteiger partial charge in [-0.15, -0.1) is 0 Å². The number of likely N-dealkylation sites (tertiary alicyclic amines) is 1. The second kappa shape index (κ2) is 12.9. The zero-order chi connectivity index (χ0) is 31.6. The average Bonchev–Trinajstić information content (AvgIpc) is 3.39. The molecule has 1 unspecified atom stereocenters. The molecular formula is C35H44N4O5. The van der Waals surface area contributed by atoms with Crippen LogP contribution in [0, 0.1) is 29.1 Å². The highest BCUT2D eigenvalue weighted by Crippen LogP contribution is 2.65. The van der Waals surface area contributed by atoms with Gasteiger partial charge in [0.1, 0.15) is 6.04 Å².